The van der Waals surface area contributed by atoms with Crippen LogP contribution in [-0.4, -0.2) is 95.6 Å². The van der Waals surface area contributed by atoms with Gasteiger partial charge in [0.2, 0.25) is 25.2 Å². The zero-order chi connectivity index (χ0) is 45.1. The fourth-order valence-corrected chi connectivity index (χ4v) is 7.51. The van der Waals surface area contributed by atoms with Gasteiger partial charge in [-0.1, -0.05) is 6.07 Å². The lowest BCUT2D eigenvalue weighted by atomic mass is 10.1. The normalized spacial score (nSPS) is 20.5. The Hall–Kier alpha value is -6.47. The second-order valence-corrected chi connectivity index (χ2v) is 18.0. The van der Waals surface area contributed by atoms with Gasteiger partial charge in [0, 0.05) is 29.7 Å². The van der Waals surface area contributed by atoms with Gasteiger partial charge in [-0.3, -0.25) is 13.7 Å². The molecule has 9 rings (SSSR count). The van der Waals surface area contributed by atoms with Crippen LogP contribution in [0, 0.1) is 0 Å². The number of anilines is 1. The summed E-state index contributed by atoms with van der Waals surface area (Å²) in [6.07, 6.45) is -2.75. The van der Waals surface area contributed by atoms with Crippen LogP contribution in [0.4, 0.5) is 39.8 Å². The lowest BCUT2D eigenvalue weighted by Crippen LogP contribution is -2.04. The van der Waals surface area contributed by atoms with E-state index in [4.69, 9.17) is 43.6 Å². The molecule has 0 radical (unpaired) electrons. The first kappa shape index (κ1) is 42.8. The van der Waals surface area contributed by atoms with Gasteiger partial charge in [0.25, 0.3) is 30.4 Å². The highest BCUT2D eigenvalue weighted by molar-refractivity contribution is 7.86. The minimum Gasteiger partial charge on any atom is -0.505 e. The van der Waals surface area contributed by atoms with Crippen molar-refractivity contribution in [1.82, 2.24) is 0 Å². The van der Waals surface area contributed by atoms with Gasteiger partial charge in [-0.25, -0.2) is 0 Å². The van der Waals surface area contributed by atoms with E-state index in [2.05, 4.69) is 30.7 Å². The highest BCUT2D eigenvalue weighted by Gasteiger charge is 2.32. The van der Waals surface area contributed by atoms with Gasteiger partial charge in [-0.05, 0) is 41.8 Å². The number of nitrogens with zero attached hydrogens (tertiary/aromatic N) is 6. The quantitative estimate of drug-likeness (QED) is 0.0306. The molecule has 28 heteroatoms. The second-order valence-electron chi connectivity index (χ2n) is 13.8. The number of phenolic OH excluding ortho intramolecular Hbond substituents is 1. The van der Waals surface area contributed by atoms with Crippen molar-refractivity contribution in [2.45, 2.75) is 39.8 Å². The summed E-state index contributed by atoms with van der Waals surface area (Å²) in [7, 11) is -14.6. The van der Waals surface area contributed by atoms with Crippen LogP contribution >= 0.6 is 0 Å². The first-order valence-electron chi connectivity index (χ1n) is 18.2. The zero-order valence-electron chi connectivity index (χ0n) is 32.0. The van der Waals surface area contributed by atoms with E-state index in [1.165, 1.54) is 42.5 Å². The van der Waals surface area contributed by atoms with Crippen molar-refractivity contribution in [2.75, 3.05) is 32.2 Å². The third-order valence-electron chi connectivity index (χ3n) is 8.97. The van der Waals surface area contributed by atoms with Crippen molar-refractivity contribution in [3.05, 3.63) is 66.7 Å². The molecule has 4 fully saturated rings. The van der Waals surface area contributed by atoms with Gasteiger partial charge in [0.1, 0.15) is 64.7 Å². The van der Waals surface area contributed by atoms with Gasteiger partial charge < -0.3 is 48.7 Å². The Balaban J connectivity index is 1.11. The van der Waals surface area contributed by atoms with E-state index in [0.29, 0.717) is 0 Å². The summed E-state index contributed by atoms with van der Waals surface area (Å²) in [5.41, 5.74) is 4.68. The predicted molar refractivity (Wildman–Crippen MR) is 213 cm³/mol. The first-order valence-corrected chi connectivity index (χ1v) is 22.5. The third-order valence-corrected chi connectivity index (χ3v) is 11.6. The molecule has 334 valence electrons. The fourth-order valence-electron chi connectivity index (χ4n) is 5.70. The van der Waals surface area contributed by atoms with E-state index in [1.807, 2.05) is 0 Å². The summed E-state index contributed by atoms with van der Waals surface area (Å²) in [6, 6.07) is 13.1. The molecule has 25 nitrogen and oxygen atoms in total. The van der Waals surface area contributed by atoms with Crippen LogP contribution in [0.5, 0.6) is 28.7 Å². The van der Waals surface area contributed by atoms with Crippen molar-refractivity contribution in [1.29, 1.82) is 0 Å². The lowest BCUT2D eigenvalue weighted by Gasteiger charge is -2.13. The molecule has 4 unspecified atom stereocenters. The number of hydrogen-bond acceptors (Lipinski definition) is 22. The average Bonchev–Trinajstić information content (AvgIpc) is 3.99. The Labute approximate surface area is 359 Å². The van der Waals surface area contributed by atoms with Crippen molar-refractivity contribution >= 4 is 80.9 Å². The summed E-state index contributed by atoms with van der Waals surface area (Å²) in [5.74, 6) is -0.759. The molecule has 4 aliphatic heterocycles. The van der Waals surface area contributed by atoms with Crippen molar-refractivity contribution in [2.24, 2.45) is 30.7 Å². The smallest absolute Gasteiger partial charge is 0.296 e. The molecule has 0 amide bonds. The molecule has 4 saturated heterocycles. The number of hydrogen-bond donors (Lipinski definition) is 5. The van der Waals surface area contributed by atoms with Gasteiger partial charge in [-0.15, -0.1) is 25.6 Å². The highest BCUT2D eigenvalue weighted by Crippen LogP contribution is 2.48. The Bertz CT molecular complexity index is 3170. The summed E-state index contributed by atoms with van der Waals surface area (Å²) < 4.78 is 146. The second kappa shape index (κ2) is 16.3. The number of fused-ring (bicyclic) bond motifs is 1. The Morgan fingerprint density at radius 3 is 1.34 bits per heavy atom. The fraction of sp³-hybridized carbons (Fsp3) is 0.222. The molecule has 0 saturated carbocycles. The summed E-state index contributed by atoms with van der Waals surface area (Å²) in [6.45, 7) is 0.907. The summed E-state index contributed by atoms with van der Waals surface area (Å²) in [5, 5.41) is 35.9. The van der Waals surface area contributed by atoms with Crippen molar-refractivity contribution < 1.29 is 81.9 Å². The Morgan fingerprint density at radius 1 is 0.531 bits per heavy atom. The molecule has 5 aromatic carbocycles. The summed E-state index contributed by atoms with van der Waals surface area (Å²) in [4.78, 5) is -2.17. The molecule has 0 spiro atoms. The van der Waals surface area contributed by atoms with Crippen LogP contribution in [0.2, 0.25) is 0 Å². The number of rotatable bonds is 17. The maximum absolute atomic E-state index is 12.5. The average molecular weight is 944 g/mol. The number of epoxide rings is 4. The lowest BCUT2D eigenvalue weighted by molar-refractivity contribution is 0.175. The molecule has 0 bridgehead atoms. The van der Waals surface area contributed by atoms with E-state index in [-0.39, 0.29) is 88.6 Å². The van der Waals surface area contributed by atoms with Crippen molar-refractivity contribution in [3.63, 3.8) is 0 Å². The zero-order valence-corrected chi connectivity index (χ0v) is 34.4. The number of azo groups is 3. The molecule has 4 atom stereocenters. The molecular formula is C36H29N7O18S3. The van der Waals surface area contributed by atoms with Gasteiger partial charge in [0.05, 0.1) is 16.3 Å². The molecule has 5 aromatic rings. The highest BCUT2D eigenvalue weighted by atomic mass is 32.2. The van der Waals surface area contributed by atoms with E-state index in [9.17, 15) is 44.0 Å². The predicted octanol–water partition coefficient (Wildman–Crippen LogP) is 6.05. The Kier molecular flexibility index (Phi) is 10.9. The number of nitrogen functional groups attached to an aromatic ring is 1. The molecular weight excluding hydrogens is 915 g/mol. The molecule has 4 aliphatic rings. The number of ether oxygens (including phenoxy) is 8. The molecule has 0 aliphatic carbocycles. The number of nitrogens with two attached hydrogens (primary N) is 1. The van der Waals surface area contributed by atoms with Crippen molar-refractivity contribution in [3.8, 4) is 28.7 Å². The molecule has 0 aromatic heterocycles. The topological polar surface area (TPSA) is 371 Å². The maximum atomic E-state index is 12.5. The maximum Gasteiger partial charge on any atom is 0.296 e. The van der Waals surface area contributed by atoms with Gasteiger partial charge in [-0.2, -0.15) is 30.4 Å². The SMILES string of the molecule is Nc1cc2c(O)c(N=Nc3cc(OC4CO4)c(N=Nc4cc(OC5CO5)c(N=Nc5cccc(S(=O)(=O)O)c5)cc4OC4CO4)cc3OC3CO3)c(S(=O)(=O)O)cc2cc1S(=O)(=O)O. The van der Waals surface area contributed by atoms with E-state index in [0.717, 1.165) is 24.3 Å². The minimum absolute atomic E-state index is 0.0130. The monoisotopic (exact) mass is 943 g/mol. The van der Waals surface area contributed by atoms with Crippen LogP contribution < -0.4 is 24.7 Å². The van der Waals surface area contributed by atoms with E-state index in [1.54, 1.807) is 0 Å². The van der Waals surface area contributed by atoms with E-state index < -0.39 is 87.3 Å². The summed E-state index contributed by atoms with van der Waals surface area (Å²) >= 11 is 0. The van der Waals surface area contributed by atoms with Gasteiger partial charge in [0.15, 0.2) is 28.7 Å². The van der Waals surface area contributed by atoms with Crippen LogP contribution in [0.25, 0.3) is 10.8 Å². The van der Waals surface area contributed by atoms with Crippen LogP contribution in [0.3, 0.4) is 0 Å². The number of benzene rings is 5. The first-order chi connectivity index (χ1) is 30.4. The molecule has 4 heterocycles. The third kappa shape index (κ3) is 10.00. The minimum atomic E-state index is -5.18. The Morgan fingerprint density at radius 2 is 0.938 bits per heavy atom. The van der Waals surface area contributed by atoms with Crippen LogP contribution in [-0.2, 0) is 49.3 Å². The molecule has 6 N–H and O–H groups in total. The largest absolute Gasteiger partial charge is 0.505 e. The molecule has 64 heavy (non-hydrogen) atoms. The van der Waals surface area contributed by atoms with Crippen LogP contribution in [0.15, 0.2) is 112 Å². The number of aromatic hydroxyl groups is 1. The van der Waals surface area contributed by atoms with Gasteiger partial charge >= 0.3 is 0 Å². The van der Waals surface area contributed by atoms with Crippen LogP contribution in [0.1, 0.15) is 0 Å². The number of phenols is 1. The standard InChI is InChI=1S/C36H29N7O18S3/c37-20-7-19-16(4-29(20)63(48,49)50)5-30(64(51,52)53)35(36(19)44)43-42-24-11-27(60-33-14-56-33)23(10-28(24)61-34-15-57-34)41-40-22-9-25(58-31-12-54-31)21(8-26(22)59-32-13-55-32)39-38-17-2-1-3-18(6-17)62(45,46)47/h1-11,31-34,44H,12-15,37H2,(H,45,46,47)(H,48,49,50)(H,51,52,53). The van der Waals surface area contributed by atoms with E-state index >= 15 is 0 Å².